The van der Waals surface area contributed by atoms with Gasteiger partial charge in [0.1, 0.15) is 5.82 Å². The van der Waals surface area contributed by atoms with Crippen LogP contribution in [0.4, 0.5) is 0 Å². The van der Waals surface area contributed by atoms with Gasteiger partial charge in [-0.05, 0) is 18.6 Å². The molecule has 1 heterocycles. The van der Waals surface area contributed by atoms with Crippen molar-refractivity contribution in [2.45, 2.75) is 12.3 Å². The van der Waals surface area contributed by atoms with E-state index in [1.807, 2.05) is 0 Å². The first-order valence-electron chi connectivity index (χ1n) is 4.93. The molecule has 1 unspecified atom stereocenters. The summed E-state index contributed by atoms with van der Waals surface area (Å²) < 4.78 is 0. The van der Waals surface area contributed by atoms with E-state index in [1.54, 1.807) is 24.3 Å². The van der Waals surface area contributed by atoms with E-state index in [2.05, 4.69) is 22.6 Å². The Labute approximate surface area is 200 Å². The Morgan fingerprint density at radius 2 is 1.95 bits per heavy atom. The van der Waals surface area contributed by atoms with E-state index in [9.17, 15) is 14.7 Å². The SMILES string of the molecule is O=C([S-])CC(C(=O)[O-])c1nc2ccccc2[nH]1.[K+].[K+]. The molecule has 19 heavy (non-hydrogen) atoms. The molecule has 0 saturated heterocycles. The quantitative estimate of drug-likeness (QED) is 0.446. The number of nitrogens with zero attached hydrogens (tertiary/aromatic N) is 1. The van der Waals surface area contributed by atoms with E-state index in [4.69, 9.17) is 0 Å². The average molecular weight is 326 g/mol. The number of rotatable bonds is 4. The first-order chi connectivity index (χ1) is 8.08. The van der Waals surface area contributed by atoms with Crippen LogP contribution < -0.4 is 108 Å². The van der Waals surface area contributed by atoms with Gasteiger partial charge in [0, 0.05) is 5.12 Å². The van der Waals surface area contributed by atoms with Crippen molar-refractivity contribution < 1.29 is 117 Å². The van der Waals surface area contributed by atoms with Crippen LogP contribution in [0.5, 0.6) is 0 Å². The summed E-state index contributed by atoms with van der Waals surface area (Å²) in [6.45, 7) is 0. The molecule has 5 nitrogen and oxygen atoms in total. The van der Waals surface area contributed by atoms with Crippen LogP contribution in [-0.2, 0) is 22.2 Å². The molecule has 8 heteroatoms. The van der Waals surface area contributed by atoms with E-state index < -0.39 is 17.0 Å². The Morgan fingerprint density at radius 3 is 2.47 bits per heavy atom. The van der Waals surface area contributed by atoms with Crippen molar-refractivity contribution in [2.75, 3.05) is 0 Å². The number of imidazole rings is 1. The third kappa shape index (κ3) is 5.55. The molecule has 2 aromatic rings. The molecule has 0 bridgehead atoms. The van der Waals surface area contributed by atoms with Crippen LogP contribution in [0.3, 0.4) is 0 Å². The van der Waals surface area contributed by atoms with E-state index in [-0.39, 0.29) is 115 Å². The molecule has 0 fully saturated rings. The number of hydrogen-bond donors (Lipinski definition) is 1. The van der Waals surface area contributed by atoms with E-state index in [0.717, 1.165) is 0 Å². The fourth-order valence-electron chi connectivity index (χ4n) is 1.60. The van der Waals surface area contributed by atoms with E-state index in [1.165, 1.54) is 0 Å². The largest absolute Gasteiger partial charge is 1.00 e. The molecule has 1 aromatic carbocycles. The first-order valence-corrected chi connectivity index (χ1v) is 5.34. The van der Waals surface area contributed by atoms with Gasteiger partial charge in [-0.15, -0.1) is 0 Å². The van der Waals surface area contributed by atoms with Crippen molar-refractivity contribution in [2.24, 2.45) is 0 Å². The number of benzene rings is 1. The summed E-state index contributed by atoms with van der Waals surface area (Å²) in [7, 11) is 0. The number of aromatic nitrogens is 2. The molecule has 0 amide bonds. The molecule has 1 aromatic heterocycles. The predicted molar refractivity (Wildman–Crippen MR) is 60.8 cm³/mol. The predicted octanol–water partition coefficient (Wildman–Crippen LogP) is -6.13. The molecular weight excluding hydrogens is 318 g/mol. The van der Waals surface area contributed by atoms with Crippen molar-refractivity contribution in [1.29, 1.82) is 0 Å². The monoisotopic (exact) mass is 326 g/mol. The number of carbonyl (C=O) groups excluding carboxylic acids is 2. The summed E-state index contributed by atoms with van der Waals surface area (Å²) in [6.07, 6.45) is -0.294. The van der Waals surface area contributed by atoms with Gasteiger partial charge >= 0.3 is 103 Å². The van der Waals surface area contributed by atoms with Crippen molar-refractivity contribution in [1.82, 2.24) is 9.97 Å². The van der Waals surface area contributed by atoms with Crippen molar-refractivity contribution in [3.63, 3.8) is 0 Å². The Morgan fingerprint density at radius 1 is 1.32 bits per heavy atom. The van der Waals surface area contributed by atoms with Gasteiger partial charge in [-0.3, -0.25) is 0 Å². The second-order valence-corrected chi connectivity index (χ2v) is 4.04. The number of H-pyrrole nitrogens is 1. The van der Waals surface area contributed by atoms with E-state index in [0.29, 0.717) is 11.0 Å². The Kier molecular flexibility index (Phi) is 10.0. The molecule has 0 aliphatic rings. The third-order valence-corrected chi connectivity index (χ3v) is 2.56. The van der Waals surface area contributed by atoms with Crippen LogP contribution in [0.15, 0.2) is 24.3 Å². The van der Waals surface area contributed by atoms with Gasteiger partial charge in [0.2, 0.25) is 0 Å². The molecule has 0 saturated carbocycles. The minimum Gasteiger partial charge on any atom is -0.742 e. The number of carboxylic acid groups (broad SMARTS) is 1. The van der Waals surface area contributed by atoms with E-state index >= 15 is 0 Å². The molecule has 2 rings (SSSR count). The number of aliphatic carboxylic acids is 1. The number of carboxylic acids is 1. The maximum absolute atomic E-state index is 10.9. The number of aromatic amines is 1. The Hall–Kier alpha value is 1.32. The zero-order valence-corrected chi connectivity index (χ0v) is 17.7. The van der Waals surface area contributed by atoms with Gasteiger partial charge in [-0.25, -0.2) is 4.98 Å². The maximum Gasteiger partial charge on any atom is 1.00 e. The van der Waals surface area contributed by atoms with Gasteiger partial charge in [0.25, 0.3) is 0 Å². The summed E-state index contributed by atoms with van der Waals surface area (Å²) in [6, 6.07) is 7.11. The molecule has 88 valence electrons. The van der Waals surface area contributed by atoms with Gasteiger partial charge < -0.3 is 32.3 Å². The van der Waals surface area contributed by atoms with Crippen molar-refractivity contribution >= 4 is 34.7 Å². The topological polar surface area (TPSA) is 85.9 Å². The summed E-state index contributed by atoms with van der Waals surface area (Å²) >= 11 is 4.38. The van der Waals surface area contributed by atoms with Crippen LogP contribution in [0.2, 0.25) is 0 Å². The van der Waals surface area contributed by atoms with Gasteiger partial charge in [-0.2, -0.15) is 0 Å². The van der Waals surface area contributed by atoms with Crippen LogP contribution in [0.25, 0.3) is 11.0 Å². The number of para-hydroxylation sites is 2. The number of nitrogens with one attached hydrogen (secondary N) is 1. The van der Waals surface area contributed by atoms with Crippen molar-refractivity contribution in [3.8, 4) is 0 Å². The smallest absolute Gasteiger partial charge is 0.742 e. The second kappa shape index (κ2) is 9.36. The molecule has 0 spiro atoms. The number of carbonyl (C=O) groups is 2. The molecular formula is C11H8K2N2O3S. The normalized spacial score (nSPS) is 11.2. The minimum absolute atomic E-state index is 0. The second-order valence-electron chi connectivity index (χ2n) is 3.59. The zero-order chi connectivity index (χ0) is 12.4. The van der Waals surface area contributed by atoms with Crippen LogP contribution in [0.1, 0.15) is 18.2 Å². The minimum atomic E-state index is -1.36. The van der Waals surface area contributed by atoms with Crippen LogP contribution in [0, 0.1) is 0 Å². The summed E-state index contributed by atoms with van der Waals surface area (Å²) in [5, 5.41) is 10.3. The summed E-state index contributed by atoms with van der Waals surface area (Å²) in [5.41, 5.74) is 1.36. The van der Waals surface area contributed by atoms with Gasteiger partial charge in [-0.1, -0.05) is 12.1 Å². The molecule has 0 aliphatic heterocycles. The van der Waals surface area contributed by atoms with Crippen molar-refractivity contribution in [3.05, 3.63) is 30.1 Å². The number of hydrogen-bond acceptors (Lipinski definition) is 5. The zero-order valence-electron chi connectivity index (χ0n) is 10.7. The summed E-state index contributed by atoms with van der Waals surface area (Å²) in [5.74, 6) is -2.28. The molecule has 0 aliphatic carbocycles. The Balaban J connectivity index is 0.00000162. The maximum atomic E-state index is 10.9. The van der Waals surface area contributed by atoms with Gasteiger partial charge in [0.15, 0.2) is 0 Å². The Bertz CT molecular complexity index is 555. The molecule has 0 radical (unpaired) electrons. The fraction of sp³-hybridized carbons (Fsp3) is 0.182. The van der Waals surface area contributed by atoms with Crippen LogP contribution >= 0.6 is 0 Å². The summed E-state index contributed by atoms with van der Waals surface area (Å²) in [4.78, 5) is 28.7. The first kappa shape index (κ1) is 20.3. The van der Waals surface area contributed by atoms with Crippen LogP contribution in [-0.4, -0.2) is 21.1 Å². The third-order valence-electron chi connectivity index (χ3n) is 2.39. The average Bonchev–Trinajstić information content (AvgIpc) is 2.68. The number of fused-ring (bicyclic) bond motifs is 1. The fourth-order valence-corrected chi connectivity index (χ4v) is 1.76. The standard InChI is InChI=1S/C11H10N2O3S.2K/c14-9(17)5-6(11(15)16)10-12-7-3-1-2-4-8(7)13-10;;/h1-4,6H,5H2,(H,12,13)(H,14,17)(H,15,16);;/q;2*+1/p-2. The molecule has 1 atom stereocenters. The molecule has 1 N–H and O–H groups in total. The van der Waals surface area contributed by atoms with Gasteiger partial charge in [0.05, 0.1) is 22.9 Å².